The second-order valence-electron chi connectivity index (χ2n) is 7.01. The summed E-state index contributed by atoms with van der Waals surface area (Å²) in [7, 11) is 0. The Kier molecular flexibility index (Phi) is 4.59. The Labute approximate surface area is 146 Å². The molecule has 1 saturated heterocycles. The van der Waals surface area contributed by atoms with Gasteiger partial charge in [0.05, 0.1) is 5.56 Å². The highest BCUT2D eigenvalue weighted by atomic mass is 32.1. The van der Waals surface area contributed by atoms with E-state index in [4.69, 9.17) is 4.74 Å². The van der Waals surface area contributed by atoms with E-state index in [1.54, 1.807) is 11.3 Å². The molecule has 4 rings (SSSR count). The van der Waals surface area contributed by atoms with E-state index in [1.165, 1.54) is 17.7 Å². The van der Waals surface area contributed by atoms with Crippen molar-refractivity contribution in [1.82, 2.24) is 5.32 Å². The van der Waals surface area contributed by atoms with Crippen molar-refractivity contribution >= 4 is 28.2 Å². The van der Waals surface area contributed by atoms with E-state index < -0.39 is 0 Å². The van der Waals surface area contributed by atoms with Crippen LogP contribution in [0.2, 0.25) is 0 Å². The number of amides is 2. The highest BCUT2D eigenvalue weighted by Crippen LogP contribution is 2.39. The third-order valence-electron chi connectivity index (χ3n) is 5.30. The normalized spacial score (nSPS) is 23.4. The average Bonchev–Trinajstić information content (AvgIpc) is 3.32. The van der Waals surface area contributed by atoms with Gasteiger partial charge >= 0.3 is 0 Å². The summed E-state index contributed by atoms with van der Waals surface area (Å²) in [6.45, 7) is 0.647. The minimum absolute atomic E-state index is 0.0102. The lowest BCUT2D eigenvalue weighted by Gasteiger charge is -2.15. The van der Waals surface area contributed by atoms with Gasteiger partial charge in [0, 0.05) is 17.5 Å². The van der Waals surface area contributed by atoms with Crippen molar-refractivity contribution in [3.05, 3.63) is 16.0 Å². The predicted octanol–water partition coefficient (Wildman–Crippen LogP) is 3.03. The fourth-order valence-electron chi connectivity index (χ4n) is 4.04. The molecular formula is C18H24N2O3S. The number of nitrogens with one attached hydrogen (secondary N) is 2. The second kappa shape index (κ2) is 6.84. The Morgan fingerprint density at radius 3 is 2.62 bits per heavy atom. The zero-order chi connectivity index (χ0) is 16.5. The number of carbonyl (C=O) groups excluding carboxylic acids is 2. The van der Waals surface area contributed by atoms with Crippen LogP contribution in [0.15, 0.2) is 0 Å². The first-order valence-electron chi connectivity index (χ1n) is 9.10. The van der Waals surface area contributed by atoms with Crippen LogP contribution in [0.4, 0.5) is 5.00 Å². The van der Waals surface area contributed by atoms with Crippen LogP contribution in [-0.4, -0.2) is 30.6 Å². The molecule has 24 heavy (non-hydrogen) atoms. The van der Waals surface area contributed by atoms with E-state index in [9.17, 15) is 9.59 Å². The number of hydrogen-bond donors (Lipinski definition) is 2. The van der Waals surface area contributed by atoms with Gasteiger partial charge in [-0.3, -0.25) is 9.59 Å². The largest absolute Gasteiger partial charge is 0.368 e. The topological polar surface area (TPSA) is 67.4 Å². The maximum absolute atomic E-state index is 12.9. The number of fused-ring (bicyclic) bond motifs is 1. The van der Waals surface area contributed by atoms with E-state index in [2.05, 4.69) is 10.6 Å². The number of thiophene rings is 1. The zero-order valence-corrected chi connectivity index (χ0v) is 14.7. The average molecular weight is 348 g/mol. The Hall–Kier alpha value is -1.40. The van der Waals surface area contributed by atoms with Crippen LogP contribution >= 0.6 is 11.3 Å². The lowest BCUT2D eigenvalue weighted by molar-refractivity contribution is -0.124. The minimum atomic E-state index is -0.368. The van der Waals surface area contributed by atoms with E-state index >= 15 is 0 Å². The van der Waals surface area contributed by atoms with Gasteiger partial charge in [0.15, 0.2) is 0 Å². The number of rotatable bonds is 4. The van der Waals surface area contributed by atoms with Crippen LogP contribution in [0.3, 0.4) is 0 Å². The third kappa shape index (κ3) is 3.09. The first-order chi connectivity index (χ1) is 11.7. The molecule has 0 spiro atoms. The number of hydrogen-bond acceptors (Lipinski definition) is 4. The molecule has 3 aliphatic rings. The van der Waals surface area contributed by atoms with Crippen molar-refractivity contribution < 1.29 is 14.3 Å². The Morgan fingerprint density at radius 1 is 1.04 bits per heavy atom. The number of aryl methyl sites for hydroxylation is 1. The van der Waals surface area contributed by atoms with E-state index in [0.717, 1.165) is 55.5 Å². The van der Waals surface area contributed by atoms with Crippen LogP contribution in [0.25, 0.3) is 0 Å². The predicted molar refractivity (Wildman–Crippen MR) is 93.7 cm³/mol. The van der Waals surface area contributed by atoms with Gasteiger partial charge < -0.3 is 15.4 Å². The Morgan fingerprint density at radius 2 is 1.88 bits per heavy atom. The zero-order valence-electron chi connectivity index (χ0n) is 13.9. The molecule has 2 fully saturated rings. The van der Waals surface area contributed by atoms with Gasteiger partial charge in [0.25, 0.3) is 11.8 Å². The van der Waals surface area contributed by atoms with Gasteiger partial charge in [-0.15, -0.1) is 11.3 Å². The summed E-state index contributed by atoms with van der Waals surface area (Å²) in [6, 6.07) is 0.288. The van der Waals surface area contributed by atoms with Crippen LogP contribution in [0, 0.1) is 0 Å². The summed E-state index contributed by atoms with van der Waals surface area (Å²) in [4.78, 5) is 26.5. The molecule has 1 atom stereocenters. The molecule has 0 bridgehead atoms. The standard InChI is InChI=1S/C18H24N2O3S/c21-16(13-8-4-10-23-13)20-18-15(12-7-3-9-14(12)24-18)17(22)19-11-5-1-2-6-11/h11,13H,1-10H2,(H,19,22)(H,20,21)/t13-/m0/s1. The van der Waals surface area contributed by atoms with Gasteiger partial charge in [0.1, 0.15) is 11.1 Å². The summed E-state index contributed by atoms with van der Waals surface area (Å²) in [6.07, 6.45) is 8.89. The fraction of sp³-hybridized carbons (Fsp3) is 0.667. The molecule has 1 saturated carbocycles. The second-order valence-corrected chi connectivity index (χ2v) is 8.11. The number of anilines is 1. The fourth-order valence-corrected chi connectivity index (χ4v) is 5.33. The summed E-state index contributed by atoms with van der Waals surface area (Å²) >= 11 is 1.57. The summed E-state index contributed by atoms with van der Waals surface area (Å²) in [5, 5.41) is 6.88. The summed E-state index contributed by atoms with van der Waals surface area (Å²) in [5.41, 5.74) is 1.86. The molecule has 1 aromatic rings. The minimum Gasteiger partial charge on any atom is -0.368 e. The molecule has 2 N–H and O–H groups in total. The highest BCUT2D eigenvalue weighted by molar-refractivity contribution is 7.17. The van der Waals surface area contributed by atoms with Crippen molar-refractivity contribution in [3.63, 3.8) is 0 Å². The van der Waals surface area contributed by atoms with Gasteiger partial charge in [0.2, 0.25) is 0 Å². The Bertz CT molecular complexity index is 643. The van der Waals surface area contributed by atoms with E-state index in [0.29, 0.717) is 12.2 Å². The molecule has 0 aromatic carbocycles. The summed E-state index contributed by atoms with van der Waals surface area (Å²) in [5.74, 6) is -0.119. The molecule has 0 unspecified atom stereocenters. The molecule has 0 radical (unpaired) electrons. The monoisotopic (exact) mass is 348 g/mol. The van der Waals surface area contributed by atoms with Crippen molar-refractivity contribution in [2.45, 2.75) is 69.9 Å². The lowest BCUT2D eigenvalue weighted by atomic mass is 10.1. The molecule has 5 nitrogen and oxygen atoms in total. The van der Waals surface area contributed by atoms with Crippen molar-refractivity contribution in [2.24, 2.45) is 0 Å². The van der Waals surface area contributed by atoms with Crippen LogP contribution in [0.1, 0.15) is 65.7 Å². The van der Waals surface area contributed by atoms with Crippen LogP contribution < -0.4 is 10.6 Å². The maximum Gasteiger partial charge on any atom is 0.254 e. The molecule has 2 heterocycles. The highest BCUT2D eigenvalue weighted by Gasteiger charge is 2.31. The van der Waals surface area contributed by atoms with Crippen LogP contribution in [0.5, 0.6) is 0 Å². The SMILES string of the molecule is O=C(NC1CCCC1)c1c(NC(=O)[C@@H]2CCCO2)sc2c1CCC2. The van der Waals surface area contributed by atoms with Gasteiger partial charge in [-0.25, -0.2) is 0 Å². The quantitative estimate of drug-likeness (QED) is 0.879. The van der Waals surface area contributed by atoms with E-state index in [1.807, 2.05) is 0 Å². The number of carbonyl (C=O) groups is 2. The van der Waals surface area contributed by atoms with Crippen molar-refractivity contribution in [1.29, 1.82) is 0 Å². The lowest BCUT2D eigenvalue weighted by Crippen LogP contribution is -2.34. The molecule has 130 valence electrons. The molecule has 6 heteroatoms. The van der Waals surface area contributed by atoms with Crippen molar-refractivity contribution in [3.8, 4) is 0 Å². The molecule has 2 amide bonds. The van der Waals surface area contributed by atoms with Gasteiger partial charge in [-0.1, -0.05) is 12.8 Å². The first kappa shape index (κ1) is 16.1. The third-order valence-corrected chi connectivity index (χ3v) is 6.50. The van der Waals surface area contributed by atoms with Gasteiger partial charge in [-0.05, 0) is 50.5 Å². The first-order valence-corrected chi connectivity index (χ1v) is 9.92. The molecule has 1 aliphatic heterocycles. The molecule has 2 aliphatic carbocycles. The van der Waals surface area contributed by atoms with Gasteiger partial charge in [-0.2, -0.15) is 0 Å². The van der Waals surface area contributed by atoms with E-state index in [-0.39, 0.29) is 24.0 Å². The number of ether oxygens (including phenoxy) is 1. The molecule has 1 aromatic heterocycles. The Balaban J connectivity index is 1.54. The van der Waals surface area contributed by atoms with Crippen molar-refractivity contribution in [2.75, 3.05) is 11.9 Å². The van der Waals surface area contributed by atoms with Crippen LogP contribution in [-0.2, 0) is 22.4 Å². The summed E-state index contributed by atoms with van der Waals surface area (Å²) < 4.78 is 5.46. The smallest absolute Gasteiger partial charge is 0.254 e. The maximum atomic E-state index is 12.9. The molecular weight excluding hydrogens is 324 g/mol.